The molecule has 1 aliphatic rings. The molecule has 1 saturated carbocycles. The summed E-state index contributed by atoms with van der Waals surface area (Å²) < 4.78 is 0. The lowest BCUT2D eigenvalue weighted by atomic mass is 9.95. The molecule has 21 heavy (non-hydrogen) atoms. The Hall–Kier alpha value is -2.29. The van der Waals surface area contributed by atoms with Gasteiger partial charge in [0, 0.05) is 17.6 Å². The monoisotopic (exact) mass is 280 g/mol. The third kappa shape index (κ3) is 3.24. The van der Waals surface area contributed by atoms with Crippen molar-refractivity contribution >= 4 is 11.7 Å². The number of carbonyl (C=O) groups is 1. The molecule has 1 aliphatic carbocycles. The second-order valence-corrected chi connectivity index (χ2v) is 5.82. The Balaban J connectivity index is 1.57. The van der Waals surface area contributed by atoms with Crippen molar-refractivity contribution in [3.05, 3.63) is 65.7 Å². The molecule has 0 atom stereocenters. The Bertz CT molecular complexity index is 615. The smallest absolute Gasteiger partial charge is 0.319 e. The van der Waals surface area contributed by atoms with Gasteiger partial charge in [0.05, 0.1) is 0 Å². The highest BCUT2D eigenvalue weighted by Crippen LogP contribution is 2.47. The van der Waals surface area contributed by atoms with Crippen LogP contribution in [0.1, 0.15) is 24.0 Å². The third-order valence-corrected chi connectivity index (χ3v) is 4.14. The van der Waals surface area contributed by atoms with Crippen LogP contribution in [0.3, 0.4) is 0 Å². The number of anilines is 1. The first kappa shape index (κ1) is 13.7. The topological polar surface area (TPSA) is 41.1 Å². The Morgan fingerprint density at radius 2 is 1.71 bits per heavy atom. The molecule has 108 valence electrons. The van der Waals surface area contributed by atoms with E-state index in [2.05, 4.69) is 41.8 Å². The lowest BCUT2D eigenvalue weighted by Gasteiger charge is -2.17. The predicted molar refractivity (Wildman–Crippen MR) is 85.6 cm³/mol. The number of aryl methyl sites for hydroxylation is 1. The zero-order valence-electron chi connectivity index (χ0n) is 12.2. The molecule has 2 N–H and O–H groups in total. The van der Waals surface area contributed by atoms with Gasteiger partial charge in [0.2, 0.25) is 0 Å². The highest BCUT2D eigenvalue weighted by molar-refractivity contribution is 5.89. The van der Waals surface area contributed by atoms with E-state index in [9.17, 15) is 4.79 Å². The van der Waals surface area contributed by atoms with Gasteiger partial charge < -0.3 is 10.6 Å². The summed E-state index contributed by atoms with van der Waals surface area (Å²) in [6.07, 6.45) is 2.28. The van der Waals surface area contributed by atoms with Gasteiger partial charge >= 0.3 is 6.03 Å². The fraction of sp³-hybridized carbons (Fsp3) is 0.278. The molecule has 0 saturated heterocycles. The van der Waals surface area contributed by atoms with Crippen molar-refractivity contribution in [3.63, 3.8) is 0 Å². The van der Waals surface area contributed by atoms with E-state index in [1.54, 1.807) is 0 Å². The number of benzene rings is 2. The second kappa shape index (κ2) is 5.60. The zero-order valence-corrected chi connectivity index (χ0v) is 12.2. The molecule has 2 aromatic rings. The van der Waals surface area contributed by atoms with Gasteiger partial charge in [-0.05, 0) is 37.5 Å². The molecule has 3 heteroatoms. The summed E-state index contributed by atoms with van der Waals surface area (Å²) >= 11 is 0. The molecule has 0 aromatic heterocycles. The number of para-hydroxylation sites is 1. The zero-order chi connectivity index (χ0) is 14.7. The molecule has 0 radical (unpaired) electrons. The van der Waals surface area contributed by atoms with Crippen LogP contribution in [0.5, 0.6) is 0 Å². The standard InChI is InChI=1S/C18H20N2O/c1-14-7-9-15(10-8-14)18(11-12-18)13-19-17(21)20-16-5-3-2-4-6-16/h2-10H,11-13H2,1H3,(H2,19,20,21). The van der Waals surface area contributed by atoms with Gasteiger partial charge in [-0.3, -0.25) is 0 Å². The quantitative estimate of drug-likeness (QED) is 0.877. The molecule has 3 rings (SSSR count). The maximum Gasteiger partial charge on any atom is 0.319 e. The molecule has 0 bridgehead atoms. The number of hydrogen-bond donors (Lipinski definition) is 2. The molecule has 2 aromatic carbocycles. The summed E-state index contributed by atoms with van der Waals surface area (Å²) in [6.45, 7) is 2.78. The van der Waals surface area contributed by atoms with Crippen molar-refractivity contribution in [2.45, 2.75) is 25.2 Å². The van der Waals surface area contributed by atoms with Gasteiger partial charge in [-0.1, -0.05) is 48.0 Å². The summed E-state index contributed by atoms with van der Waals surface area (Å²) in [5.41, 5.74) is 3.55. The molecule has 0 unspecified atom stereocenters. The number of amides is 2. The van der Waals surface area contributed by atoms with Crippen molar-refractivity contribution in [1.82, 2.24) is 5.32 Å². The molecule has 3 nitrogen and oxygen atoms in total. The highest BCUT2D eigenvalue weighted by Gasteiger charge is 2.44. The first-order valence-electron chi connectivity index (χ1n) is 7.35. The first-order valence-corrected chi connectivity index (χ1v) is 7.35. The average molecular weight is 280 g/mol. The van der Waals surface area contributed by atoms with Crippen LogP contribution >= 0.6 is 0 Å². The van der Waals surface area contributed by atoms with E-state index in [4.69, 9.17) is 0 Å². The van der Waals surface area contributed by atoms with Crippen LogP contribution in [0.4, 0.5) is 10.5 Å². The van der Waals surface area contributed by atoms with Crippen LogP contribution in [0.2, 0.25) is 0 Å². The highest BCUT2D eigenvalue weighted by atomic mass is 16.2. The van der Waals surface area contributed by atoms with Crippen LogP contribution in [-0.2, 0) is 5.41 Å². The molecular formula is C18H20N2O. The fourth-order valence-corrected chi connectivity index (χ4v) is 2.57. The van der Waals surface area contributed by atoms with Crippen LogP contribution in [0.15, 0.2) is 54.6 Å². The van der Waals surface area contributed by atoms with E-state index in [0.717, 1.165) is 18.5 Å². The fourth-order valence-electron chi connectivity index (χ4n) is 2.57. The Kier molecular flexibility index (Phi) is 3.65. The van der Waals surface area contributed by atoms with E-state index in [0.29, 0.717) is 6.54 Å². The largest absolute Gasteiger partial charge is 0.337 e. The summed E-state index contributed by atoms with van der Waals surface area (Å²) in [5.74, 6) is 0. The Labute approximate surface area is 125 Å². The summed E-state index contributed by atoms with van der Waals surface area (Å²) in [4.78, 5) is 12.0. The minimum absolute atomic E-state index is 0.139. The normalized spacial score (nSPS) is 15.3. The van der Waals surface area contributed by atoms with E-state index < -0.39 is 0 Å². The van der Waals surface area contributed by atoms with Crippen molar-refractivity contribution in [2.24, 2.45) is 0 Å². The lowest BCUT2D eigenvalue weighted by molar-refractivity contribution is 0.251. The predicted octanol–water partition coefficient (Wildman–Crippen LogP) is 3.85. The van der Waals surface area contributed by atoms with Crippen LogP contribution in [-0.4, -0.2) is 12.6 Å². The van der Waals surface area contributed by atoms with Crippen molar-refractivity contribution in [2.75, 3.05) is 11.9 Å². The van der Waals surface area contributed by atoms with E-state index >= 15 is 0 Å². The number of urea groups is 1. The van der Waals surface area contributed by atoms with Gasteiger partial charge in [-0.2, -0.15) is 0 Å². The molecule has 0 aliphatic heterocycles. The summed E-state index contributed by atoms with van der Waals surface area (Å²) in [6, 6.07) is 18.0. The molecule has 2 amide bonds. The first-order chi connectivity index (χ1) is 10.2. The van der Waals surface area contributed by atoms with Crippen molar-refractivity contribution in [3.8, 4) is 0 Å². The third-order valence-electron chi connectivity index (χ3n) is 4.14. The van der Waals surface area contributed by atoms with Gasteiger partial charge in [-0.15, -0.1) is 0 Å². The van der Waals surface area contributed by atoms with Gasteiger partial charge in [-0.25, -0.2) is 4.79 Å². The average Bonchev–Trinajstić information content (AvgIpc) is 3.28. The molecule has 1 fully saturated rings. The van der Waals surface area contributed by atoms with Gasteiger partial charge in [0.1, 0.15) is 0 Å². The Morgan fingerprint density at radius 1 is 1.05 bits per heavy atom. The van der Waals surface area contributed by atoms with Gasteiger partial charge in [0.25, 0.3) is 0 Å². The molecule has 0 heterocycles. The van der Waals surface area contributed by atoms with E-state index in [-0.39, 0.29) is 11.4 Å². The minimum Gasteiger partial charge on any atom is -0.337 e. The lowest BCUT2D eigenvalue weighted by Crippen LogP contribution is -2.35. The van der Waals surface area contributed by atoms with Crippen LogP contribution < -0.4 is 10.6 Å². The van der Waals surface area contributed by atoms with Crippen LogP contribution in [0.25, 0.3) is 0 Å². The summed E-state index contributed by atoms with van der Waals surface area (Å²) in [7, 11) is 0. The SMILES string of the molecule is Cc1ccc(C2(CNC(=O)Nc3ccccc3)CC2)cc1. The van der Waals surface area contributed by atoms with E-state index in [1.807, 2.05) is 30.3 Å². The van der Waals surface area contributed by atoms with E-state index in [1.165, 1.54) is 11.1 Å². The second-order valence-electron chi connectivity index (χ2n) is 5.82. The number of carbonyl (C=O) groups excluding carboxylic acids is 1. The maximum atomic E-state index is 12.0. The maximum absolute atomic E-state index is 12.0. The van der Waals surface area contributed by atoms with Crippen molar-refractivity contribution < 1.29 is 4.79 Å². The van der Waals surface area contributed by atoms with Gasteiger partial charge in [0.15, 0.2) is 0 Å². The minimum atomic E-state index is -0.139. The van der Waals surface area contributed by atoms with Crippen LogP contribution in [0, 0.1) is 6.92 Å². The Morgan fingerprint density at radius 3 is 2.33 bits per heavy atom. The number of hydrogen-bond acceptors (Lipinski definition) is 1. The van der Waals surface area contributed by atoms with Crippen molar-refractivity contribution in [1.29, 1.82) is 0 Å². The molecule has 0 spiro atoms. The number of nitrogens with one attached hydrogen (secondary N) is 2. The molecular weight excluding hydrogens is 260 g/mol. The summed E-state index contributed by atoms with van der Waals surface area (Å²) in [5, 5.41) is 5.85. The number of rotatable bonds is 4.